The molecule has 0 saturated carbocycles. The summed E-state index contributed by atoms with van der Waals surface area (Å²) in [4.78, 5) is 28.9. The molecule has 30 heavy (non-hydrogen) atoms. The van der Waals surface area contributed by atoms with Gasteiger partial charge < -0.3 is 19.5 Å². The van der Waals surface area contributed by atoms with Crippen molar-refractivity contribution in [2.75, 3.05) is 36.4 Å². The Labute approximate surface area is 192 Å². The molecule has 3 aromatic rings. The van der Waals surface area contributed by atoms with E-state index in [1.807, 2.05) is 30.3 Å². The fraction of sp³-hybridized carbons (Fsp3) is 0.182. The first-order valence-corrected chi connectivity index (χ1v) is 10.9. The van der Waals surface area contributed by atoms with Crippen molar-refractivity contribution in [1.29, 1.82) is 0 Å². The summed E-state index contributed by atoms with van der Waals surface area (Å²) in [5.74, 6) is 0.0556. The van der Waals surface area contributed by atoms with Crippen LogP contribution in [0.5, 0.6) is 0 Å². The number of piperazine rings is 1. The lowest BCUT2D eigenvalue weighted by atomic mass is 10.2. The normalized spacial score (nSPS) is 13.9. The lowest BCUT2D eigenvalue weighted by Gasteiger charge is -2.35. The zero-order chi connectivity index (χ0) is 21.1. The van der Waals surface area contributed by atoms with Crippen LogP contribution in [0.25, 0.3) is 0 Å². The third-order valence-corrected chi connectivity index (χ3v) is 5.96. The molecule has 2 heterocycles. The zero-order valence-corrected chi connectivity index (χ0v) is 18.9. The van der Waals surface area contributed by atoms with Gasteiger partial charge in [-0.3, -0.25) is 9.59 Å². The number of benzene rings is 2. The number of rotatable bonds is 4. The van der Waals surface area contributed by atoms with E-state index in [-0.39, 0.29) is 11.8 Å². The number of hydrogen-bond acceptors (Lipinski definition) is 4. The third kappa shape index (κ3) is 4.62. The van der Waals surface area contributed by atoms with E-state index in [4.69, 9.17) is 16.0 Å². The lowest BCUT2D eigenvalue weighted by molar-refractivity contribution is 0.0714. The summed E-state index contributed by atoms with van der Waals surface area (Å²) in [7, 11) is 0. The fourth-order valence-electron chi connectivity index (χ4n) is 3.35. The largest absolute Gasteiger partial charge is 0.459 e. The predicted octanol–water partition coefficient (Wildman–Crippen LogP) is 4.75. The van der Waals surface area contributed by atoms with E-state index >= 15 is 0 Å². The van der Waals surface area contributed by atoms with Crippen LogP contribution in [0.2, 0.25) is 5.02 Å². The molecule has 2 aromatic carbocycles. The molecule has 8 heteroatoms. The molecule has 0 unspecified atom stereocenters. The van der Waals surface area contributed by atoms with E-state index in [1.165, 1.54) is 6.26 Å². The first-order chi connectivity index (χ1) is 14.5. The Morgan fingerprint density at radius 3 is 2.40 bits per heavy atom. The summed E-state index contributed by atoms with van der Waals surface area (Å²) >= 11 is 8.30. The molecule has 1 aliphatic rings. The third-order valence-electron chi connectivity index (χ3n) is 4.96. The molecule has 4 rings (SSSR count). The van der Waals surface area contributed by atoms with Gasteiger partial charge in [-0.15, -0.1) is 0 Å². The Morgan fingerprint density at radius 1 is 1.00 bits per heavy atom. The molecule has 0 bridgehead atoms. The second-order valence-electron chi connectivity index (χ2n) is 6.88. The molecule has 1 saturated heterocycles. The standard InChI is InChI=1S/C22H19ClIN3O3/c23-19-8-3-15(24)14-18(19)21(28)25-16-4-6-17(7-5-16)26-9-11-27(12-10-26)22(29)20-2-1-13-30-20/h1-8,13-14H,9-12H2,(H,25,28). The summed E-state index contributed by atoms with van der Waals surface area (Å²) in [6.07, 6.45) is 1.51. The van der Waals surface area contributed by atoms with Crippen LogP contribution in [0.4, 0.5) is 11.4 Å². The second kappa shape index (κ2) is 9.09. The van der Waals surface area contributed by atoms with Gasteiger partial charge in [-0.2, -0.15) is 0 Å². The molecule has 1 fully saturated rings. The van der Waals surface area contributed by atoms with Crippen molar-refractivity contribution in [2.24, 2.45) is 0 Å². The molecule has 2 amide bonds. The maximum absolute atomic E-state index is 12.5. The topological polar surface area (TPSA) is 65.8 Å². The Bertz CT molecular complexity index is 1050. The van der Waals surface area contributed by atoms with Gasteiger partial charge in [0.1, 0.15) is 0 Å². The van der Waals surface area contributed by atoms with Gasteiger partial charge in [0, 0.05) is 41.1 Å². The van der Waals surface area contributed by atoms with Crippen LogP contribution in [0.1, 0.15) is 20.9 Å². The number of carbonyl (C=O) groups is 2. The van der Waals surface area contributed by atoms with E-state index in [0.29, 0.717) is 35.1 Å². The van der Waals surface area contributed by atoms with Gasteiger partial charge in [-0.1, -0.05) is 11.6 Å². The first kappa shape index (κ1) is 20.7. The Hall–Kier alpha value is -2.52. The predicted molar refractivity (Wildman–Crippen MR) is 125 cm³/mol. The molecule has 0 spiro atoms. The highest BCUT2D eigenvalue weighted by Gasteiger charge is 2.23. The monoisotopic (exact) mass is 535 g/mol. The minimum absolute atomic E-state index is 0.0769. The quantitative estimate of drug-likeness (QED) is 0.490. The van der Waals surface area contributed by atoms with Crippen molar-refractivity contribution >= 4 is 57.4 Å². The summed E-state index contributed by atoms with van der Waals surface area (Å²) in [6, 6.07) is 16.4. The molecule has 0 atom stereocenters. The minimum Gasteiger partial charge on any atom is -0.459 e. The summed E-state index contributed by atoms with van der Waals surface area (Å²) in [5.41, 5.74) is 2.20. The number of hydrogen-bond donors (Lipinski definition) is 1. The number of halogens is 2. The smallest absolute Gasteiger partial charge is 0.289 e. The van der Waals surface area contributed by atoms with Crippen LogP contribution >= 0.6 is 34.2 Å². The maximum Gasteiger partial charge on any atom is 0.289 e. The summed E-state index contributed by atoms with van der Waals surface area (Å²) < 4.78 is 6.15. The Morgan fingerprint density at radius 2 is 1.73 bits per heavy atom. The minimum atomic E-state index is -0.240. The number of nitrogens with zero attached hydrogens (tertiary/aromatic N) is 2. The van der Waals surface area contributed by atoms with Gasteiger partial charge in [0.05, 0.1) is 16.8 Å². The lowest BCUT2D eigenvalue weighted by Crippen LogP contribution is -2.48. The first-order valence-electron chi connectivity index (χ1n) is 9.45. The van der Waals surface area contributed by atoms with Gasteiger partial charge in [-0.25, -0.2) is 0 Å². The molecule has 6 nitrogen and oxygen atoms in total. The number of furan rings is 1. The zero-order valence-electron chi connectivity index (χ0n) is 16.0. The number of carbonyl (C=O) groups excluding carboxylic acids is 2. The maximum atomic E-state index is 12.5. The summed E-state index contributed by atoms with van der Waals surface area (Å²) in [5, 5.41) is 3.31. The molecular weight excluding hydrogens is 517 g/mol. The van der Waals surface area contributed by atoms with Gasteiger partial charge in [0.25, 0.3) is 11.8 Å². The van der Waals surface area contributed by atoms with Crippen LogP contribution in [-0.2, 0) is 0 Å². The molecule has 0 aliphatic carbocycles. The van der Waals surface area contributed by atoms with Crippen molar-refractivity contribution in [3.8, 4) is 0 Å². The van der Waals surface area contributed by atoms with Gasteiger partial charge in [-0.05, 0) is 77.2 Å². The van der Waals surface area contributed by atoms with Crippen LogP contribution < -0.4 is 10.2 Å². The van der Waals surface area contributed by atoms with Crippen LogP contribution in [0, 0.1) is 3.57 Å². The van der Waals surface area contributed by atoms with E-state index in [9.17, 15) is 9.59 Å². The Balaban J connectivity index is 1.35. The highest BCUT2D eigenvalue weighted by atomic mass is 127. The van der Waals surface area contributed by atoms with Crippen LogP contribution in [0.3, 0.4) is 0 Å². The molecule has 1 aliphatic heterocycles. The van der Waals surface area contributed by atoms with E-state index in [2.05, 4.69) is 32.8 Å². The molecule has 154 valence electrons. The molecule has 1 N–H and O–H groups in total. The van der Waals surface area contributed by atoms with Gasteiger partial charge in [0.15, 0.2) is 5.76 Å². The molecular formula is C22H19ClIN3O3. The molecule has 0 radical (unpaired) electrons. The van der Waals surface area contributed by atoms with E-state index in [0.717, 1.165) is 22.3 Å². The van der Waals surface area contributed by atoms with Gasteiger partial charge >= 0.3 is 0 Å². The summed E-state index contributed by atoms with van der Waals surface area (Å²) in [6.45, 7) is 2.72. The average molecular weight is 536 g/mol. The highest BCUT2D eigenvalue weighted by Crippen LogP contribution is 2.23. The second-order valence-corrected chi connectivity index (χ2v) is 8.53. The number of amides is 2. The van der Waals surface area contributed by atoms with Crippen molar-refractivity contribution in [1.82, 2.24) is 4.90 Å². The number of anilines is 2. The van der Waals surface area contributed by atoms with Crippen molar-refractivity contribution < 1.29 is 14.0 Å². The van der Waals surface area contributed by atoms with Crippen molar-refractivity contribution in [3.63, 3.8) is 0 Å². The SMILES string of the molecule is O=C(Nc1ccc(N2CCN(C(=O)c3ccco3)CC2)cc1)c1cc(I)ccc1Cl. The van der Waals surface area contributed by atoms with Crippen molar-refractivity contribution in [3.05, 3.63) is 80.8 Å². The van der Waals surface area contributed by atoms with Crippen molar-refractivity contribution in [2.45, 2.75) is 0 Å². The van der Waals surface area contributed by atoms with E-state index < -0.39 is 0 Å². The Kier molecular flexibility index (Phi) is 6.29. The van der Waals surface area contributed by atoms with Crippen LogP contribution in [-0.4, -0.2) is 42.9 Å². The average Bonchev–Trinajstić information content (AvgIpc) is 3.30. The van der Waals surface area contributed by atoms with Crippen LogP contribution in [0.15, 0.2) is 65.3 Å². The van der Waals surface area contributed by atoms with E-state index in [1.54, 1.807) is 29.2 Å². The fourth-order valence-corrected chi connectivity index (χ4v) is 4.04. The molecule has 1 aromatic heterocycles. The number of nitrogens with one attached hydrogen (secondary N) is 1. The highest BCUT2D eigenvalue weighted by molar-refractivity contribution is 14.1. The van der Waals surface area contributed by atoms with Gasteiger partial charge in [0.2, 0.25) is 0 Å².